The van der Waals surface area contributed by atoms with E-state index in [0.717, 1.165) is 12.1 Å². The predicted octanol–water partition coefficient (Wildman–Crippen LogP) is 2.23. The van der Waals surface area contributed by atoms with Gasteiger partial charge in [-0.25, -0.2) is 8.78 Å². The molecule has 0 spiro atoms. The average Bonchev–Trinajstić information content (AvgIpc) is 2.81. The highest BCUT2D eigenvalue weighted by molar-refractivity contribution is 5.12. The molecule has 1 heterocycles. The van der Waals surface area contributed by atoms with Crippen LogP contribution in [-0.2, 0) is 6.54 Å². The first-order valence-electron chi connectivity index (χ1n) is 6.42. The first-order valence-corrected chi connectivity index (χ1v) is 6.42. The molecule has 18 heavy (non-hydrogen) atoms. The summed E-state index contributed by atoms with van der Waals surface area (Å²) in [5, 5.41) is 4.20. The molecule has 0 aromatic carbocycles. The molecule has 6 heteroatoms. The predicted molar refractivity (Wildman–Crippen MR) is 64.9 cm³/mol. The minimum absolute atomic E-state index is 0.0439. The zero-order chi connectivity index (χ0) is 13.2. The van der Waals surface area contributed by atoms with Gasteiger partial charge in [-0.15, -0.1) is 0 Å². The van der Waals surface area contributed by atoms with Crippen LogP contribution in [0.4, 0.5) is 8.78 Å². The highest BCUT2D eigenvalue weighted by Gasteiger charge is 2.38. The van der Waals surface area contributed by atoms with Gasteiger partial charge in [0, 0.05) is 31.1 Å². The lowest BCUT2D eigenvalue weighted by Crippen LogP contribution is -2.37. The fourth-order valence-electron chi connectivity index (χ4n) is 2.61. The Morgan fingerprint density at radius 2 is 2.22 bits per heavy atom. The third-order valence-corrected chi connectivity index (χ3v) is 3.75. The van der Waals surface area contributed by atoms with E-state index in [1.165, 1.54) is 0 Å². The fourth-order valence-corrected chi connectivity index (χ4v) is 2.61. The first kappa shape index (κ1) is 13.4. The van der Waals surface area contributed by atoms with E-state index in [1.807, 2.05) is 17.8 Å². The lowest BCUT2D eigenvalue weighted by atomic mass is 9.80. The quantitative estimate of drug-likeness (QED) is 0.643. The summed E-state index contributed by atoms with van der Waals surface area (Å²) >= 11 is 0. The van der Waals surface area contributed by atoms with Crippen molar-refractivity contribution in [1.29, 1.82) is 0 Å². The molecule has 1 fully saturated rings. The largest absolute Gasteiger partial charge is 0.273 e. The molecule has 1 atom stereocenters. The van der Waals surface area contributed by atoms with Crippen molar-refractivity contribution < 1.29 is 8.78 Å². The molecule has 1 unspecified atom stereocenters. The van der Waals surface area contributed by atoms with E-state index >= 15 is 0 Å². The third kappa shape index (κ3) is 2.87. The monoisotopic (exact) mass is 258 g/mol. The van der Waals surface area contributed by atoms with Crippen LogP contribution in [0.15, 0.2) is 12.4 Å². The van der Waals surface area contributed by atoms with Gasteiger partial charge in [0.2, 0.25) is 5.92 Å². The van der Waals surface area contributed by atoms with Crippen LogP contribution in [0.5, 0.6) is 0 Å². The average molecular weight is 258 g/mol. The van der Waals surface area contributed by atoms with Crippen molar-refractivity contribution in [3.05, 3.63) is 18.0 Å². The van der Waals surface area contributed by atoms with Gasteiger partial charge in [-0.3, -0.25) is 16.0 Å². The second-order valence-corrected chi connectivity index (χ2v) is 4.97. The Kier molecular flexibility index (Phi) is 3.97. The molecule has 1 aliphatic rings. The molecule has 1 aromatic rings. The zero-order valence-corrected chi connectivity index (χ0v) is 10.6. The molecule has 1 aromatic heterocycles. The van der Waals surface area contributed by atoms with Crippen molar-refractivity contribution in [1.82, 2.24) is 15.2 Å². The summed E-state index contributed by atoms with van der Waals surface area (Å²) in [6.45, 7) is 2.79. The summed E-state index contributed by atoms with van der Waals surface area (Å²) < 4.78 is 28.1. The lowest BCUT2D eigenvalue weighted by molar-refractivity contribution is -0.0497. The second kappa shape index (κ2) is 5.32. The summed E-state index contributed by atoms with van der Waals surface area (Å²) in [6, 6.07) is -0.0820. The smallest absolute Gasteiger partial charge is 0.248 e. The number of hydrogen-bond donors (Lipinski definition) is 2. The van der Waals surface area contributed by atoms with E-state index in [2.05, 4.69) is 10.5 Å². The van der Waals surface area contributed by atoms with E-state index in [4.69, 9.17) is 5.84 Å². The molecular weight excluding hydrogens is 238 g/mol. The fraction of sp³-hybridized carbons (Fsp3) is 0.750. The van der Waals surface area contributed by atoms with Crippen molar-refractivity contribution in [3.63, 3.8) is 0 Å². The van der Waals surface area contributed by atoms with Gasteiger partial charge in [0.15, 0.2) is 0 Å². The Balaban J connectivity index is 2.05. The molecule has 3 N–H and O–H groups in total. The molecule has 1 saturated carbocycles. The van der Waals surface area contributed by atoms with Crippen molar-refractivity contribution in [2.24, 2.45) is 11.8 Å². The van der Waals surface area contributed by atoms with Gasteiger partial charge in [0.05, 0.1) is 12.2 Å². The second-order valence-electron chi connectivity index (χ2n) is 4.97. The van der Waals surface area contributed by atoms with E-state index < -0.39 is 5.92 Å². The lowest BCUT2D eigenvalue weighted by Gasteiger charge is -2.33. The van der Waals surface area contributed by atoms with Gasteiger partial charge >= 0.3 is 0 Å². The van der Waals surface area contributed by atoms with E-state index in [0.29, 0.717) is 12.8 Å². The zero-order valence-electron chi connectivity index (χ0n) is 10.6. The Hall–Kier alpha value is -1.01. The Morgan fingerprint density at radius 3 is 2.72 bits per heavy atom. The highest BCUT2D eigenvalue weighted by atomic mass is 19.3. The molecule has 102 valence electrons. The molecule has 0 amide bonds. The van der Waals surface area contributed by atoms with Crippen LogP contribution >= 0.6 is 0 Å². The van der Waals surface area contributed by atoms with Crippen molar-refractivity contribution >= 4 is 0 Å². The molecule has 1 aliphatic carbocycles. The number of nitrogens with one attached hydrogen (secondary N) is 1. The van der Waals surface area contributed by atoms with Crippen molar-refractivity contribution in [3.8, 4) is 0 Å². The molecule has 4 nitrogen and oxygen atoms in total. The first-order chi connectivity index (χ1) is 8.55. The van der Waals surface area contributed by atoms with Crippen LogP contribution in [0.25, 0.3) is 0 Å². The molecule has 0 aliphatic heterocycles. The van der Waals surface area contributed by atoms with Gasteiger partial charge < -0.3 is 0 Å². The Labute approximate surface area is 106 Å². The van der Waals surface area contributed by atoms with Crippen molar-refractivity contribution in [2.75, 3.05) is 0 Å². The maximum absolute atomic E-state index is 13.1. The van der Waals surface area contributed by atoms with Gasteiger partial charge in [-0.05, 0) is 25.7 Å². The van der Waals surface area contributed by atoms with E-state index in [1.54, 1.807) is 6.20 Å². The Morgan fingerprint density at radius 1 is 1.56 bits per heavy atom. The van der Waals surface area contributed by atoms with Crippen LogP contribution in [0.3, 0.4) is 0 Å². The number of hydrogen-bond acceptors (Lipinski definition) is 3. The number of aromatic nitrogens is 2. The molecule has 0 saturated heterocycles. The van der Waals surface area contributed by atoms with Crippen LogP contribution in [0.1, 0.15) is 44.2 Å². The normalized spacial score (nSPS) is 22.0. The Bertz CT molecular complexity index is 381. The van der Waals surface area contributed by atoms with Gasteiger partial charge in [-0.1, -0.05) is 0 Å². The topological polar surface area (TPSA) is 55.9 Å². The summed E-state index contributed by atoms with van der Waals surface area (Å²) in [5.74, 6) is 3.24. The van der Waals surface area contributed by atoms with Crippen LogP contribution in [0, 0.1) is 5.92 Å². The number of nitrogens with zero attached hydrogens (tertiary/aromatic N) is 2. The van der Waals surface area contributed by atoms with Crippen LogP contribution in [-0.4, -0.2) is 15.7 Å². The summed E-state index contributed by atoms with van der Waals surface area (Å²) in [5.41, 5.74) is 3.74. The summed E-state index contributed by atoms with van der Waals surface area (Å²) in [6.07, 6.45) is 4.60. The maximum Gasteiger partial charge on any atom is 0.248 e. The number of hydrazine groups is 1. The molecule has 0 radical (unpaired) electrons. The minimum Gasteiger partial charge on any atom is -0.273 e. The summed E-state index contributed by atoms with van der Waals surface area (Å²) in [7, 11) is 0. The highest BCUT2D eigenvalue weighted by Crippen LogP contribution is 2.40. The SMILES string of the molecule is CCn1cc(C(NN)C2CCC(F)(F)CC2)cn1. The van der Waals surface area contributed by atoms with Gasteiger partial charge in [-0.2, -0.15) is 5.10 Å². The number of nitrogens with two attached hydrogens (primary N) is 1. The number of halogens is 2. The van der Waals surface area contributed by atoms with E-state index in [-0.39, 0.29) is 24.8 Å². The number of alkyl halides is 2. The maximum atomic E-state index is 13.1. The number of rotatable bonds is 4. The van der Waals surface area contributed by atoms with E-state index in [9.17, 15) is 8.78 Å². The van der Waals surface area contributed by atoms with Crippen molar-refractivity contribution in [2.45, 2.75) is 51.1 Å². The number of aryl methyl sites for hydroxylation is 1. The standard InChI is InChI=1S/C12H20F2N4/c1-2-18-8-10(7-16-18)11(17-15)9-3-5-12(13,14)6-4-9/h7-9,11,17H,2-6,15H2,1H3. The minimum atomic E-state index is -2.50. The molecule has 0 bridgehead atoms. The van der Waals surface area contributed by atoms with Crippen LogP contribution < -0.4 is 11.3 Å². The van der Waals surface area contributed by atoms with Gasteiger partial charge in [0.25, 0.3) is 0 Å². The molecular formula is C12H20F2N4. The van der Waals surface area contributed by atoms with Crippen LogP contribution in [0.2, 0.25) is 0 Å². The van der Waals surface area contributed by atoms with Gasteiger partial charge in [0.1, 0.15) is 0 Å². The summed E-state index contributed by atoms with van der Waals surface area (Å²) in [4.78, 5) is 0. The molecule has 2 rings (SSSR count). The third-order valence-electron chi connectivity index (χ3n) is 3.75.